The van der Waals surface area contributed by atoms with Gasteiger partial charge in [0.25, 0.3) is 5.91 Å². The maximum Gasteiger partial charge on any atom is 0.260 e. The van der Waals surface area contributed by atoms with E-state index in [1.165, 1.54) is 4.31 Å². The first-order valence-corrected chi connectivity index (χ1v) is 11.1. The molecule has 8 heteroatoms. The molecule has 2 aliphatic heterocycles. The van der Waals surface area contributed by atoms with Gasteiger partial charge in [-0.1, -0.05) is 26.0 Å². The maximum atomic E-state index is 13.1. The fraction of sp³-hybridized carbons (Fsp3) is 0.450. The summed E-state index contributed by atoms with van der Waals surface area (Å²) in [4.78, 5) is 17.3. The van der Waals surface area contributed by atoms with E-state index in [4.69, 9.17) is 4.74 Å². The monoisotopic (exact) mass is 403 g/mol. The summed E-state index contributed by atoms with van der Waals surface area (Å²) in [5.74, 6) is -0.0792. The number of hydrogen-bond acceptors (Lipinski definition) is 5. The van der Waals surface area contributed by atoms with E-state index in [1.807, 2.05) is 13.8 Å². The molecule has 0 aromatic heterocycles. The first-order valence-electron chi connectivity index (χ1n) is 9.67. The van der Waals surface area contributed by atoms with Gasteiger partial charge in [-0.05, 0) is 18.2 Å². The van der Waals surface area contributed by atoms with Crippen LogP contribution in [0.5, 0.6) is 0 Å². The van der Waals surface area contributed by atoms with Gasteiger partial charge in [-0.15, -0.1) is 0 Å². The number of anilines is 1. The van der Waals surface area contributed by atoms with E-state index in [1.54, 1.807) is 35.2 Å². The predicted octanol–water partition coefficient (Wildman–Crippen LogP) is 2.12. The summed E-state index contributed by atoms with van der Waals surface area (Å²) in [5.41, 5.74) is 1.35. The molecular weight excluding hydrogens is 378 g/mol. The molecule has 2 heterocycles. The Bertz CT molecular complexity index is 1010. The fourth-order valence-corrected chi connectivity index (χ4v) is 5.68. The number of hydrogen-bond donors (Lipinski definition) is 0. The van der Waals surface area contributed by atoms with Crippen molar-refractivity contribution < 1.29 is 17.9 Å². The summed E-state index contributed by atoms with van der Waals surface area (Å²) in [6.45, 7) is 7.82. The quantitative estimate of drug-likeness (QED) is 0.739. The SMILES string of the molecule is CCN(CC)S(=O)(=O)c1ccc2c3c(cccc13)C(=O)N2CN1CCOCC1. The van der Waals surface area contributed by atoms with E-state index < -0.39 is 10.0 Å². The normalized spacial score (nSPS) is 17.8. The second kappa shape index (κ2) is 7.44. The summed E-state index contributed by atoms with van der Waals surface area (Å²) in [5, 5.41) is 1.34. The Morgan fingerprint density at radius 1 is 1.07 bits per heavy atom. The van der Waals surface area contributed by atoms with Crippen LogP contribution in [0, 0.1) is 0 Å². The average molecular weight is 404 g/mol. The third-order valence-corrected chi connectivity index (χ3v) is 7.62. The summed E-state index contributed by atoms with van der Waals surface area (Å²) in [6, 6.07) is 8.75. The Labute approximate surface area is 165 Å². The van der Waals surface area contributed by atoms with Gasteiger partial charge in [0.2, 0.25) is 10.0 Å². The largest absolute Gasteiger partial charge is 0.379 e. The Morgan fingerprint density at radius 3 is 2.46 bits per heavy atom. The van der Waals surface area contributed by atoms with E-state index in [0.717, 1.165) is 24.2 Å². The van der Waals surface area contributed by atoms with Crippen molar-refractivity contribution in [3.05, 3.63) is 35.9 Å². The topological polar surface area (TPSA) is 70.2 Å². The fourth-order valence-electron chi connectivity index (χ4n) is 4.03. The van der Waals surface area contributed by atoms with Crippen molar-refractivity contribution >= 4 is 32.4 Å². The molecule has 0 atom stereocenters. The first-order chi connectivity index (χ1) is 13.5. The number of rotatable bonds is 6. The van der Waals surface area contributed by atoms with Crippen molar-refractivity contribution in [3.8, 4) is 0 Å². The highest BCUT2D eigenvalue weighted by atomic mass is 32.2. The van der Waals surface area contributed by atoms with E-state index >= 15 is 0 Å². The van der Waals surface area contributed by atoms with Crippen LogP contribution >= 0.6 is 0 Å². The van der Waals surface area contributed by atoms with Crippen molar-refractivity contribution in [1.82, 2.24) is 9.21 Å². The van der Waals surface area contributed by atoms with Gasteiger partial charge in [0.15, 0.2) is 0 Å². The maximum absolute atomic E-state index is 13.1. The van der Waals surface area contributed by atoms with Crippen LogP contribution in [0.2, 0.25) is 0 Å². The molecule has 0 aliphatic carbocycles. The van der Waals surface area contributed by atoms with Crippen LogP contribution in [-0.4, -0.2) is 69.6 Å². The highest BCUT2D eigenvalue weighted by Gasteiger charge is 2.34. The molecule has 0 spiro atoms. The van der Waals surface area contributed by atoms with E-state index in [-0.39, 0.29) is 10.8 Å². The van der Waals surface area contributed by atoms with Gasteiger partial charge in [0.1, 0.15) is 0 Å². The van der Waals surface area contributed by atoms with Gasteiger partial charge in [-0.2, -0.15) is 4.31 Å². The zero-order valence-corrected chi connectivity index (χ0v) is 17.0. The van der Waals surface area contributed by atoms with Crippen molar-refractivity contribution in [2.45, 2.75) is 18.7 Å². The molecule has 2 aromatic rings. The minimum absolute atomic E-state index is 0.0792. The summed E-state index contributed by atoms with van der Waals surface area (Å²) < 4.78 is 33.1. The molecule has 2 aliphatic rings. The summed E-state index contributed by atoms with van der Waals surface area (Å²) in [6.07, 6.45) is 0. The Morgan fingerprint density at radius 2 is 1.79 bits per heavy atom. The number of carbonyl (C=O) groups excluding carboxylic acids is 1. The molecule has 150 valence electrons. The smallest absolute Gasteiger partial charge is 0.260 e. The van der Waals surface area contributed by atoms with Crippen molar-refractivity contribution in [1.29, 1.82) is 0 Å². The molecule has 1 saturated heterocycles. The van der Waals surface area contributed by atoms with Gasteiger partial charge in [0.05, 0.1) is 30.5 Å². The zero-order chi connectivity index (χ0) is 19.9. The minimum atomic E-state index is -3.62. The lowest BCUT2D eigenvalue weighted by Gasteiger charge is -2.31. The lowest BCUT2D eigenvalue weighted by Crippen LogP contribution is -2.45. The van der Waals surface area contributed by atoms with Gasteiger partial charge < -0.3 is 4.74 Å². The van der Waals surface area contributed by atoms with Gasteiger partial charge in [-0.25, -0.2) is 8.42 Å². The highest BCUT2D eigenvalue weighted by Crippen LogP contribution is 2.40. The van der Waals surface area contributed by atoms with Crippen molar-refractivity contribution in [2.75, 3.05) is 51.0 Å². The van der Waals surface area contributed by atoms with Crippen LogP contribution in [0.1, 0.15) is 24.2 Å². The van der Waals surface area contributed by atoms with E-state index in [2.05, 4.69) is 4.90 Å². The Balaban J connectivity index is 1.81. The predicted molar refractivity (Wildman–Crippen MR) is 108 cm³/mol. The lowest BCUT2D eigenvalue weighted by molar-refractivity contribution is 0.0375. The molecule has 0 bridgehead atoms. The first kappa shape index (κ1) is 19.3. The molecule has 0 N–H and O–H groups in total. The molecule has 0 saturated carbocycles. The molecule has 1 fully saturated rings. The molecule has 4 rings (SSSR count). The molecule has 1 amide bonds. The average Bonchev–Trinajstić information content (AvgIpc) is 2.97. The molecular formula is C20H25N3O4S. The number of morpholine rings is 1. The third kappa shape index (κ3) is 3.00. The number of benzene rings is 2. The minimum Gasteiger partial charge on any atom is -0.379 e. The van der Waals surface area contributed by atoms with Gasteiger partial charge in [0, 0.05) is 42.5 Å². The van der Waals surface area contributed by atoms with E-state index in [0.29, 0.717) is 43.9 Å². The molecule has 28 heavy (non-hydrogen) atoms. The van der Waals surface area contributed by atoms with E-state index in [9.17, 15) is 13.2 Å². The van der Waals surface area contributed by atoms with Crippen LogP contribution in [0.15, 0.2) is 35.2 Å². The van der Waals surface area contributed by atoms with Crippen LogP contribution in [-0.2, 0) is 14.8 Å². The molecule has 2 aromatic carbocycles. The second-order valence-electron chi connectivity index (χ2n) is 7.01. The molecule has 0 unspecified atom stereocenters. The number of nitrogens with zero attached hydrogens (tertiary/aromatic N) is 3. The standard InChI is InChI=1S/C20H25N3O4S/c1-3-22(4-2)28(25,26)18-9-8-17-19-15(18)6-5-7-16(19)20(24)23(17)14-21-10-12-27-13-11-21/h5-9H,3-4,10-14H2,1-2H3. The Hall–Kier alpha value is -2.00. The number of carbonyl (C=O) groups is 1. The molecule has 0 radical (unpaired) electrons. The highest BCUT2D eigenvalue weighted by molar-refractivity contribution is 7.89. The van der Waals surface area contributed by atoms with Crippen LogP contribution in [0.4, 0.5) is 5.69 Å². The third-order valence-electron chi connectivity index (χ3n) is 5.51. The lowest BCUT2D eigenvalue weighted by atomic mass is 10.1. The van der Waals surface area contributed by atoms with Crippen LogP contribution < -0.4 is 4.90 Å². The molecule has 7 nitrogen and oxygen atoms in total. The van der Waals surface area contributed by atoms with Gasteiger partial charge in [-0.3, -0.25) is 14.6 Å². The van der Waals surface area contributed by atoms with Crippen molar-refractivity contribution in [3.63, 3.8) is 0 Å². The number of ether oxygens (including phenoxy) is 1. The van der Waals surface area contributed by atoms with Crippen LogP contribution in [0.25, 0.3) is 10.8 Å². The number of amides is 1. The number of sulfonamides is 1. The van der Waals surface area contributed by atoms with Crippen molar-refractivity contribution in [2.24, 2.45) is 0 Å². The Kier molecular flexibility index (Phi) is 5.13. The second-order valence-corrected chi connectivity index (χ2v) is 8.91. The summed E-state index contributed by atoms with van der Waals surface area (Å²) in [7, 11) is -3.62. The van der Waals surface area contributed by atoms with Crippen LogP contribution in [0.3, 0.4) is 0 Å². The zero-order valence-electron chi connectivity index (χ0n) is 16.2. The van der Waals surface area contributed by atoms with Gasteiger partial charge >= 0.3 is 0 Å². The summed E-state index contributed by atoms with van der Waals surface area (Å²) >= 11 is 0.